The first kappa shape index (κ1) is 18.3. The zero-order valence-electron chi connectivity index (χ0n) is 14.7. The van der Waals surface area contributed by atoms with Gasteiger partial charge in [-0.25, -0.2) is 0 Å². The van der Waals surface area contributed by atoms with Gasteiger partial charge in [0.1, 0.15) is 12.3 Å². The Morgan fingerprint density at radius 1 is 1.42 bits per heavy atom. The fourth-order valence-electron chi connectivity index (χ4n) is 2.63. The number of carbonyl (C=O) groups is 2. The summed E-state index contributed by atoms with van der Waals surface area (Å²) in [5.41, 5.74) is 7.66. The van der Waals surface area contributed by atoms with Gasteiger partial charge in [0.25, 0.3) is 5.91 Å². The van der Waals surface area contributed by atoms with Crippen molar-refractivity contribution < 1.29 is 14.3 Å². The van der Waals surface area contributed by atoms with E-state index in [4.69, 9.17) is 10.5 Å². The summed E-state index contributed by atoms with van der Waals surface area (Å²) in [6.07, 6.45) is 2.77. The number of anilines is 1. The molecule has 0 fully saturated rings. The van der Waals surface area contributed by atoms with Gasteiger partial charge in [0.05, 0.1) is 5.69 Å². The number of benzene rings is 1. The summed E-state index contributed by atoms with van der Waals surface area (Å²) in [5, 5.41) is 0. The number of nitrogens with two attached hydrogens (primary N) is 1. The highest BCUT2D eigenvalue weighted by molar-refractivity contribution is 6.02. The number of nitrogens with zero attached hydrogens (tertiary/aromatic N) is 2. The molecule has 1 aliphatic heterocycles. The van der Waals surface area contributed by atoms with E-state index in [2.05, 4.69) is 6.92 Å². The lowest BCUT2D eigenvalue weighted by molar-refractivity contribution is -0.131. The molecule has 132 valence electrons. The van der Waals surface area contributed by atoms with Crippen molar-refractivity contribution in [3.05, 3.63) is 23.8 Å². The number of amides is 2. The van der Waals surface area contributed by atoms with E-state index < -0.39 is 0 Å². The third-order valence-electron chi connectivity index (χ3n) is 4.36. The second-order valence-corrected chi connectivity index (χ2v) is 6.18. The highest BCUT2D eigenvalue weighted by atomic mass is 16.5. The predicted octanol–water partition coefficient (Wildman–Crippen LogP) is 2.08. The molecule has 0 aromatic heterocycles. The number of hydrogen-bond acceptors (Lipinski definition) is 4. The highest BCUT2D eigenvalue weighted by Gasteiger charge is 2.28. The molecule has 2 N–H and O–H groups in total. The van der Waals surface area contributed by atoms with Crippen LogP contribution in [0.2, 0.25) is 0 Å². The Labute approximate surface area is 143 Å². The van der Waals surface area contributed by atoms with E-state index in [1.807, 2.05) is 25.1 Å². The minimum Gasteiger partial charge on any atom is -0.482 e. The summed E-state index contributed by atoms with van der Waals surface area (Å²) in [4.78, 5) is 27.9. The van der Waals surface area contributed by atoms with Gasteiger partial charge in [-0.15, -0.1) is 0 Å². The maximum Gasteiger partial charge on any atom is 0.265 e. The van der Waals surface area contributed by atoms with Crippen molar-refractivity contribution >= 4 is 17.5 Å². The van der Waals surface area contributed by atoms with Crippen LogP contribution in [0.1, 0.15) is 44.7 Å². The molecule has 1 aromatic rings. The Kier molecular flexibility index (Phi) is 6.20. The summed E-state index contributed by atoms with van der Waals surface area (Å²) in [6, 6.07) is 5.50. The lowest BCUT2D eigenvalue weighted by atomic mass is 10.0. The molecule has 0 saturated heterocycles. The van der Waals surface area contributed by atoms with Crippen molar-refractivity contribution in [1.29, 1.82) is 0 Å². The Hall–Kier alpha value is -2.08. The minimum atomic E-state index is -0.207. The topological polar surface area (TPSA) is 75.9 Å². The fraction of sp³-hybridized carbons (Fsp3) is 0.556. The molecule has 24 heavy (non-hydrogen) atoms. The van der Waals surface area contributed by atoms with Crippen molar-refractivity contribution in [2.24, 2.45) is 5.73 Å². The van der Waals surface area contributed by atoms with E-state index in [1.165, 1.54) is 4.90 Å². The van der Waals surface area contributed by atoms with Crippen LogP contribution < -0.4 is 15.4 Å². The molecule has 0 spiro atoms. The van der Waals surface area contributed by atoms with E-state index >= 15 is 0 Å². The molecule has 0 bridgehead atoms. The summed E-state index contributed by atoms with van der Waals surface area (Å²) < 4.78 is 5.48. The van der Waals surface area contributed by atoms with Crippen LogP contribution in [0.5, 0.6) is 5.75 Å². The Balaban J connectivity index is 2.21. The van der Waals surface area contributed by atoms with Gasteiger partial charge in [0.2, 0.25) is 5.91 Å². The van der Waals surface area contributed by atoms with Gasteiger partial charge in [-0.3, -0.25) is 14.5 Å². The maximum atomic E-state index is 12.4. The summed E-state index contributed by atoms with van der Waals surface area (Å²) in [7, 11) is 1.77. The van der Waals surface area contributed by atoms with Gasteiger partial charge in [0.15, 0.2) is 6.61 Å². The van der Waals surface area contributed by atoms with E-state index in [1.54, 1.807) is 11.9 Å². The molecular weight excluding hydrogens is 306 g/mol. The zero-order chi connectivity index (χ0) is 17.7. The molecule has 0 saturated carbocycles. The van der Waals surface area contributed by atoms with Gasteiger partial charge in [0, 0.05) is 19.6 Å². The quantitative estimate of drug-likeness (QED) is 0.829. The fourth-order valence-corrected chi connectivity index (χ4v) is 2.63. The molecule has 6 nitrogen and oxygen atoms in total. The second kappa shape index (κ2) is 8.15. The molecule has 1 aromatic carbocycles. The Morgan fingerprint density at radius 2 is 2.17 bits per heavy atom. The van der Waals surface area contributed by atoms with Crippen LogP contribution in [0.4, 0.5) is 5.69 Å². The van der Waals surface area contributed by atoms with E-state index in [-0.39, 0.29) is 31.0 Å². The van der Waals surface area contributed by atoms with Crippen molar-refractivity contribution in [3.63, 3.8) is 0 Å². The van der Waals surface area contributed by atoms with Crippen LogP contribution in [0, 0.1) is 0 Å². The predicted molar refractivity (Wildman–Crippen MR) is 94.1 cm³/mol. The average molecular weight is 333 g/mol. The van der Waals surface area contributed by atoms with Crippen LogP contribution in [0.15, 0.2) is 18.2 Å². The van der Waals surface area contributed by atoms with Gasteiger partial charge in [-0.05, 0) is 30.5 Å². The number of likely N-dealkylation sites (N-methyl/N-ethyl adjacent to an activating group) is 1. The Bertz CT molecular complexity index is 603. The van der Waals surface area contributed by atoms with Crippen molar-refractivity contribution in [2.75, 3.05) is 31.6 Å². The zero-order valence-corrected chi connectivity index (χ0v) is 14.7. The molecule has 0 aliphatic carbocycles. The molecular formula is C18H27N3O3. The molecule has 1 atom stereocenters. The number of unbranched alkanes of at least 4 members (excludes halogenated alkanes) is 1. The third-order valence-corrected chi connectivity index (χ3v) is 4.36. The lowest BCUT2D eigenvalue weighted by Gasteiger charge is -2.31. The largest absolute Gasteiger partial charge is 0.482 e. The van der Waals surface area contributed by atoms with Crippen LogP contribution in [0.3, 0.4) is 0 Å². The first-order valence-electron chi connectivity index (χ1n) is 8.54. The summed E-state index contributed by atoms with van der Waals surface area (Å²) >= 11 is 0. The normalized spacial score (nSPS) is 14.8. The Morgan fingerprint density at radius 3 is 2.83 bits per heavy atom. The molecule has 2 amide bonds. The van der Waals surface area contributed by atoms with Crippen molar-refractivity contribution in [3.8, 4) is 5.75 Å². The van der Waals surface area contributed by atoms with E-state index in [0.717, 1.165) is 24.8 Å². The number of fused-ring (bicyclic) bond motifs is 1. The minimum absolute atomic E-state index is 0.0280. The van der Waals surface area contributed by atoms with Crippen LogP contribution in [0.25, 0.3) is 0 Å². The summed E-state index contributed by atoms with van der Waals surface area (Å²) in [5.74, 6) is 0.336. The van der Waals surface area contributed by atoms with Gasteiger partial charge >= 0.3 is 0 Å². The van der Waals surface area contributed by atoms with Gasteiger partial charge in [-0.2, -0.15) is 0 Å². The number of hydrogen-bond donors (Lipinski definition) is 1. The third kappa shape index (κ3) is 4.06. The SMILES string of the molecule is CCCCN(C)C(=O)CN1C(=O)COc2ccc(C(N)CC)cc21. The highest BCUT2D eigenvalue weighted by Crippen LogP contribution is 2.34. The first-order valence-corrected chi connectivity index (χ1v) is 8.54. The molecule has 0 radical (unpaired) electrons. The van der Waals surface area contributed by atoms with Crippen molar-refractivity contribution in [1.82, 2.24) is 4.90 Å². The lowest BCUT2D eigenvalue weighted by Crippen LogP contribution is -2.45. The molecule has 1 heterocycles. The first-order chi connectivity index (χ1) is 11.5. The molecule has 1 unspecified atom stereocenters. The molecule has 1 aliphatic rings. The standard InChI is InChI=1S/C18H27N3O3/c1-4-6-9-20(3)17(22)11-21-15-10-13(14(19)5-2)7-8-16(15)24-12-18(21)23/h7-8,10,14H,4-6,9,11-12,19H2,1-3H3. The van der Waals surface area contributed by atoms with Crippen LogP contribution in [-0.4, -0.2) is 43.5 Å². The monoisotopic (exact) mass is 333 g/mol. The maximum absolute atomic E-state index is 12.4. The van der Waals surface area contributed by atoms with Crippen molar-refractivity contribution in [2.45, 2.75) is 39.2 Å². The summed E-state index contributed by atoms with van der Waals surface area (Å²) in [6.45, 7) is 4.77. The number of ether oxygens (including phenoxy) is 1. The second-order valence-electron chi connectivity index (χ2n) is 6.18. The average Bonchev–Trinajstić information content (AvgIpc) is 2.60. The van der Waals surface area contributed by atoms with Gasteiger partial charge < -0.3 is 15.4 Å². The van der Waals surface area contributed by atoms with Crippen LogP contribution in [-0.2, 0) is 9.59 Å². The van der Waals surface area contributed by atoms with E-state index in [0.29, 0.717) is 18.0 Å². The van der Waals surface area contributed by atoms with Gasteiger partial charge in [-0.1, -0.05) is 26.3 Å². The number of carbonyl (C=O) groups excluding carboxylic acids is 2. The number of rotatable bonds is 7. The van der Waals surface area contributed by atoms with E-state index in [9.17, 15) is 9.59 Å². The smallest absolute Gasteiger partial charge is 0.265 e. The molecule has 2 rings (SSSR count). The molecule has 6 heteroatoms. The van der Waals surface area contributed by atoms with Crippen LogP contribution >= 0.6 is 0 Å².